The van der Waals surface area contributed by atoms with E-state index in [2.05, 4.69) is 25.8 Å². The van der Waals surface area contributed by atoms with Gasteiger partial charge in [-0.1, -0.05) is 12.8 Å². The number of carbonyl (C=O) groups excluding carboxylic acids is 1. The predicted octanol–water partition coefficient (Wildman–Crippen LogP) is 0.799. The lowest BCUT2D eigenvalue weighted by Crippen LogP contribution is -2.42. The third-order valence-corrected chi connectivity index (χ3v) is 5.71. The number of carbonyl (C=O) groups is 1. The second kappa shape index (κ2) is 8.07. The summed E-state index contributed by atoms with van der Waals surface area (Å²) in [5.74, 6) is 0.0505. The van der Waals surface area contributed by atoms with Gasteiger partial charge in [0.25, 0.3) is 5.91 Å². The zero-order valence-corrected chi connectivity index (χ0v) is 16.2. The Morgan fingerprint density at radius 2 is 1.93 bits per heavy atom. The first kappa shape index (κ1) is 20.0. The number of nitrogens with one attached hydrogen (secondary N) is 2. The number of nitrogens with zero attached hydrogens (tertiary/aromatic N) is 3. The fraction of sp³-hybridized carbons (Fsp3) is 0.412. The maximum atomic E-state index is 11.7. The van der Waals surface area contributed by atoms with Crippen LogP contribution in [0.3, 0.4) is 0 Å². The zero-order chi connectivity index (χ0) is 20.3. The van der Waals surface area contributed by atoms with E-state index in [9.17, 15) is 13.2 Å². The summed E-state index contributed by atoms with van der Waals surface area (Å²) < 4.78 is 23.1. The van der Waals surface area contributed by atoms with Crippen LogP contribution in [0.4, 0.5) is 17.3 Å². The third-order valence-electron chi connectivity index (χ3n) is 4.61. The highest BCUT2D eigenvalue weighted by molar-refractivity contribution is 7.90. The summed E-state index contributed by atoms with van der Waals surface area (Å²) in [6, 6.07) is 4.62. The van der Waals surface area contributed by atoms with Gasteiger partial charge in [0.2, 0.25) is 0 Å². The molecule has 1 fully saturated rings. The summed E-state index contributed by atoms with van der Waals surface area (Å²) in [6.45, 7) is 0. The highest BCUT2D eigenvalue weighted by Crippen LogP contribution is 2.24. The maximum Gasteiger partial charge on any atom is 0.271 e. The quantitative estimate of drug-likeness (QED) is 0.543. The molecular weight excluding hydrogens is 382 g/mol. The van der Waals surface area contributed by atoms with Crippen LogP contribution in [-0.4, -0.2) is 47.8 Å². The van der Waals surface area contributed by atoms with E-state index in [0.717, 1.165) is 31.9 Å². The van der Waals surface area contributed by atoms with E-state index < -0.39 is 15.7 Å². The number of anilines is 3. The molecule has 3 rings (SSSR count). The number of hydrogen-bond acceptors (Lipinski definition) is 9. The lowest BCUT2D eigenvalue weighted by Gasteiger charge is -2.29. The molecule has 2 aromatic rings. The summed E-state index contributed by atoms with van der Waals surface area (Å²) >= 11 is 0. The lowest BCUT2D eigenvalue weighted by atomic mass is 9.91. The second-order valence-corrected chi connectivity index (χ2v) is 8.85. The topological polar surface area (TPSA) is 166 Å². The summed E-state index contributed by atoms with van der Waals surface area (Å²) in [5.41, 5.74) is 11.8. The molecule has 0 bridgehead atoms. The Morgan fingerprint density at radius 1 is 1.18 bits per heavy atom. The lowest BCUT2D eigenvalue weighted by molar-refractivity contribution is 0.0995. The first-order chi connectivity index (χ1) is 13.2. The van der Waals surface area contributed by atoms with Gasteiger partial charge in [0.05, 0.1) is 10.6 Å². The van der Waals surface area contributed by atoms with Crippen molar-refractivity contribution in [3.05, 3.63) is 30.1 Å². The molecule has 0 aliphatic heterocycles. The molecule has 150 valence electrons. The Bertz CT molecular complexity index is 963. The monoisotopic (exact) mass is 405 g/mol. The number of hydrogen-bond donors (Lipinski definition) is 4. The van der Waals surface area contributed by atoms with E-state index in [4.69, 9.17) is 11.5 Å². The minimum atomic E-state index is -3.35. The van der Waals surface area contributed by atoms with Gasteiger partial charge in [-0.3, -0.25) is 4.79 Å². The molecule has 28 heavy (non-hydrogen) atoms. The molecule has 10 nitrogen and oxygen atoms in total. The Morgan fingerprint density at radius 3 is 2.54 bits per heavy atom. The molecule has 1 saturated carbocycles. The summed E-state index contributed by atoms with van der Waals surface area (Å²) in [5, 5.41) is 14.1. The average Bonchev–Trinajstić information content (AvgIpc) is 2.63. The molecule has 6 N–H and O–H groups in total. The van der Waals surface area contributed by atoms with E-state index in [1.807, 2.05) is 0 Å². The molecule has 2 heterocycles. The van der Waals surface area contributed by atoms with Gasteiger partial charge >= 0.3 is 0 Å². The van der Waals surface area contributed by atoms with Crippen molar-refractivity contribution in [1.82, 2.24) is 15.2 Å². The Hall–Kier alpha value is -2.79. The Labute approximate surface area is 163 Å². The highest BCUT2D eigenvalue weighted by atomic mass is 32.2. The van der Waals surface area contributed by atoms with Crippen molar-refractivity contribution in [2.24, 2.45) is 11.5 Å². The molecule has 2 aromatic heterocycles. The van der Waals surface area contributed by atoms with Crippen molar-refractivity contribution in [2.45, 2.75) is 42.7 Å². The van der Waals surface area contributed by atoms with Crippen LogP contribution in [-0.2, 0) is 9.84 Å². The molecule has 0 saturated heterocycles. The van der Waals surface area contributed by atoms with Crippen LogP contribution in [0, 0.1) is 0 Å². The van der Waals surface area contributed by atoms with Crippen molar-refractivity contribution in [1.29, 1.82) is 0 Å². The number of rotatable bonds is 6. The number of aromatic nitrogens is 3. The molecule has 1 aliphatic rings. The Kier molecular flexibility index (Phi) is 5.75. The van der Waals surface area contributed by atoms with Crippen LogP contribution in [0.15, 0.2) is 29.3 Å². The van der Waals surface area contributed by atoms with Crippen molar-refractivity contribution in [3.8, 4) is 0 Å². The number of pyridine rings is 1. The number of amides is 1. The van der Waals surface area contributed by atoms with Gasteiger partial charge in [0, 0.05) is 30.6 Å². The van der Waals surface area contributed by atoms with Gasteiger partial charge in [0.15, 0.2) is 21.3 Å². The van der Waals surface area contributed by atoms with E-state index in [-0.39, 0.29) is 22.7 Å². The van der Waals surface area contributed by atoms with Crippen LogP contribution >= 0.6 is 0 Å². The normalized spacial score (nSPS) is 19.8. The van der Waals surface area contributed by atoms with Gasteiger partial charge in [-0.25, -0.2) is 13.4 Å². The van der Waals surface area contributed by atoms with Crippen LogP contribution < -0.4 is 22.1 Å². The molecule has 2 atom stereocenters. The number of sulfone groups is 1. The fourth-order valence-electron chi connectivity index (χ4n) is 3.08. The number of primary amides is 1. The summed E-state index contributed by atoms with van der Waals surface area (Å²) in [6.07, 6.45) is 6.39. The molecule has 0 unspecified atom stereocenters. The summed E-state index contributed by atoms with van der Waals surface area (Å²) in [7, 11) is -3.35. The first-order valence-corrected chi connectivity index (χ1v) is 10.8. The largest absolute Gasteiger partial charge is 0.364 e. The van der Waals surface area contributed by atoms with Gasteiger partial charge < -0.3 is 22.1 Å². The minimum absolute atomic E-state index is 0.0213. The van der Waals surface area contributed by atoms with Crippen molar-refractivity contribution in [3.63, 3.8) is 0 Å². The van der Waals surface area contributed by atoms with E-state index >= 15 is 0 Å². The van der Waals surface area contributed by atoms with Crippen molar-refractivity contribution < 1.29 is 13.2 Å². The van der Waals surface area contributed by atoms with Crippen LogP contribution in [0.1, 0.15) is 36.2 Å². The smallest absolute Gasteiger partial charge is 0.271 e. The second-order valence-electron chi connectivity index (χ2n) is 6.83. The van der Waals surface area contributed by atoms with Gasteiger partial charge in [0.1, 0.15) is 5.82 Å². The molecular formula is C17H23N7O3S. The Balaban J connectivity index is 1.84. The van der Waals surface area contributed by atoms with Gasteiger partial charge in [-0.05, 0) is 25.0 Å². The molecule has 11 heteroatoms. The molecule has 1 amide bonds. The van der Waals surface area contributed by atoms with E-state index in [1.54, 1.807) is 6.07 Å². The maximum absolute atomic E-state index is 11.7. The van der Waals surface area contributed by atoms with Crippen LogP contribution in [0.5, 0.6) is 0 Å². The van der Waals surface area contributed by atoms with E-state index in [1.165, 1.54) is 18.3 Å². The van der Waals surface area contributed by atoms with Crippen molar-refractivity contribution >= 4 is 33.1 Å². The van der Waals surface area contributed by atoms with Gasteiger partial charge in [-0.15, -0.1) is 10.2 Å². The van der Waals surface area contributed by atoms with Gasteiger partial charge in [-0.2, -0.15) is 0 Å². The molecule has 0 radical (unpaired) electrons. The van der Waals surface area contributed by atoms with Crippen LogP contribution in [0.25, 0.3) is 0 Å². The molecule has 0 aromatic carbocycles. The standard InChI is InChI=1S/C17H23N7O3S/c1-28(26,27)10-6-7-14(20-9-10)22-13-8-15(23-24-16(13)17(19)25)21-12-5-3-2-4-11(12)18/h6-9,11-12H,2-5,18H2,1H3,(H2,19,25)(H2,20,21,22,23)/t11-,12+/m0/s1. The molecule has 1 aliphatic carbocycles. The van der Waals surface area contributed by atoms with E-state index in [0.29, 0.717) is 17.3 Å². The SMILES string of the molecule is CS(=O)(=O)c1ccc(Nc2cc(N[C@@H]3CCCC[C@@H]3N)nnc2C(N)=O)nc1. The number of nitrogens with two attached hydrogens (primary N) is 2. The zero-order valence-electron chi connectivity index (χ0n) is 15.4. The fourth-order valence-corrected chi connectivity index (χ4v) is 3.64. The predicted molar refractivity (Wildman–Crippen MR) is 105 cm³/mol. The van der Waals surface area contributed by atoms with Crippen LogP contribution in [0.2, 0.25) is 0 Å². The molecule has 0 spiro atoms. The van der Waals surface area contributed by atoms with Crippen molar-refractivity contribution in [2.75, 3.05) is 16.9 Å². The first-order valence-electron chi connectivity index (χ1n) is 8.87. The minimum Gasteiger partial charge on any atom is -0.364 e. The highest BCUT2D eigenvalue weighted by Gasteiger charge is 2.23. The average molecular weight is 405 g/mol. The summed E-state index contributed by atoms with van der Waals surface area (Å²) in [4.78, 5) is 15.9. The third kappa shape index (κ3) is 4.73.